The van der Waals surface area contributed by atoms with Gasteiger partial charge in [-0.2, -0.15) is 0 Å². The summed E-state index contributed by atoms with van der Waals surface area (Å²) < 4.78 is 2.42. The predicted molar refractivity (Wildman–Crippen MR) is 360 cm³/mol. The van der Waals surface area contributed by atoms with E-state index in [4.69, 9.17) is 9.98 Å². The summed E-state index contributed by atoms with van der Waals surface area (Å²) in [6, 6.07) is 52.8. The maximum atomic E-state index is 6.43. The number of hydrogen-bond donors (Lipinski definition) is 0. The molecular weight excluding hydrogens is 1020 g/mol. The van der Waals surface area contributed by atoms with Crippen molar-refractivity contribution in [2.45, 2.75) is 202 Å². The van der Waals surface area contributed by atoms with Crippen molar-refractivity contribution in [1.82, 2.24) is 9.55 Å². The zero-order valence-electron chi connectivity index (χ0n) is 54.7. The van der Waals surface area contributed by atoms with Gasteiger partial charge in [-0.15, -0.1) is 0 Å². The minimum atomic E-state index is -0.720. The van der Waals surface area contributed by atoms with E-state index in [-0.39, 0.29) is 38.9 Å². The Balaban J connectivity index is 1.20. The van der Waals surface area contributed by atoms with Crippen molar-refractivity contribution in [3.63, 3.8) is 0 Å². The molecule has 1 aliphatic carbocycles. The summed E-state index contributed by atoms with van der Waals surface area (Å²) in [6.07, 6.45) is 1.99. The van der Waals surface area contributed by atoms with Gasteiger partial charge in [-0.3, -0.25) is 9.56 Å². The van der Waals surface area contributed by atoms with Crippen molar-refractivity contribution >= 4 is 50.4 Å². The van der Waals surface area contributed by atoms with Crippen LogP contribution in [0.4, 0.5) is 22.7 Å². The van der Waals surface area contributed by atoms with E-state index in [0.29, 0.717) is 0 Å². The summed E-state index contributed by atoms with van der Waals surface area (Å²) >= 11 is 0. The summed E-state index contributed by atoms with van der Waals surface area (Å²) in [6.45, 7) is 51.8. The second-order valence-electron chi connectivity index (χ2n) is 30.9. The van der Waals surface area contributed by atoms with Gasteiger partial charge in [-0.25, -0.2) is 4.98 Å². The standard InChI is InChI=1S/C79H91N5/c1-46(2)56-24-23-25-57(47(3)4)71(56)84-72(81-78(21)62-30-28-51(73(7,8)9)41-58(62)59-42-52(74(10,11)12)29-31-63(59)79(78,84)22)50-38-54(76(16,17)18)40-55(39-50)82-67-33-27-49(6)37-64(67)77(19,20)65-44-61-60-36-48(5)26-32-66(60)83(68(61)45-69(65)82)70-43-53(34-35-80-70)75(13,14)15/h23-47H,1-22H3/t78-,79+/m1/s1. The van der Waals surface area contributed by atoms with Gasteiger partial charge in [0.1, 0.15) is 17.2 Å². The van der Waals surface area contributed by atoms with Crippen molar-refractivity contribution in [3.05, 3.63) is 212 Å². The smallest absolute Gasteiger partial charge is 0.137 e. The maximum Gasteiger partial charge on any atom is 0.137 e. The van der Waals surface area contributed by atoms with Crippen LogP contribution < -0.4 is 9.80 Å². The van der Waals surface area contributed by atoms with Crippen LogP contribution in [0.25, 0.3) is 38.8 Å². The first-order valence-corrected chi connectivity index (χ1v) is 31.1. The number of nitrogens with zero attached hydrogens (tertiary/aromatic N) is 5. The molecule has 2 atom stereocenters. The maximum absolute atomic E-state index is 6.43. The molecule has 2 aliphatic heterocycles. The van der Waals surface area contributed by atoms with Crippen LogP contribution >= 0.6 is 0 Å². The van der Waals surface area contributed by atoms with E-state index in [1.54, 1.807) is 0 Å². The Bertz CT molecular complexity index is 4200. The van der Waals surface area contributed by atoms with Gasteiger partial charge in [0.05, 0.1) is 33.6 Å². The quantitative estimate of drug-likeness (QED) is 0.166. The molecule has 0 spiro atoms. The molecule has 2 aromatic heterocycles. The third kappa shape index (κ3) is 8.66. The van der Waals surface area contributed by atoms with Gasteiger partial charge in [0.2, 0.25) is 0 Å². The van der Waals surface area contributed by atoms with Crippen molar-refractivity contribution in [3.8, 4) is 16.9 Å². The van der Waals surface area contributed by atoms with E-state index in [9.17, 15) is 0 Å². The van der Waals surface area contributed by atoms with Crippen LogP contribution in [0.3, 0.4) is 0 Å². The van der Waals surface area contributed by atoms with Crippen LogP contribution in [0, 0.1) is 13.8 Å². The van der Waals surface area contributed by atoms with Crippen LogP contribution in [0.15, 0.2) is 145 Å². The number of benzene rings is 7. The van der Waals surface area contributed by atoms with E-state index in [0.717, 1.165) is 33.9 Å². The minimum Gasteiger partial charge on any atom is -0.313 e. The highest BCUT2D eigenvalue weighted by atomic mass is 15.4. The summed E-state index contributed by atoms with van der Waals surface area (Å²) in [7, 11) is 0. The van der Waals surface area contributed by atoms with Crippen molar-refractivity contribution in [1.29, 1.82) is 0 Å². The van der Waals surface area contributed by atoms with Gasteiger partial charge in [0, 0.05) is 33.6 Å². The lowest BCUT2D eigenvalue weighted by molar-refractivity contribution is 0.292. The highest BCUT2D eigenvalue weighted by molar-refractivity contribution is 6.16. The molecule has 4 heterocycles. The number of amidine groups is 1. The van der Waals surface area contributed by atoms with Gasteiger partial charge < -0.3 is 9.80 Å². The Morgan fingerprint density at radius 1 is 0.464 bits per heavy atom. The fraction of sp³-hybridized carbons (Fsp3) is 0.392. The van der Waals surface area contributed by atoms with Gasteiger partial charge >= 0.3 is 0 Å². The molecule has 0 N–H and O–H groups in total. The second-order valence-corrected chi connectivity index (χ2v) is 30.9. The summed E-state index contributed by atoms with van der Waals surface area (Å²) in [5.41, 5.74) is 24.2. The van der Waals surface area contributed by atoms with Crippen LogP contribution in [0.5, 0.6) is 0 Å². The van der Waals surface area contributed by atoms with Gasteiger partial charge in [0.25, 0.3) is 0 Å². The topological polar surface area (TPSA) is 36.7 Å². The first-order valence-electron chi connectivity index (χ1n) is 31.1. The number of rotatable bonds is 6. The van der Waals surface area contributed by atoms with E-state index >= 15 is 0 Å². The number of hydrogen-bond acceptors (Lipinski definition) is 4. The number of aliphatic imine (C=N–C) groups is 1. The largest absolute Gasteiger partial charge is 0.313 e. The van der Waals surface area contributed by atoms with Crippen LogP contribution in [0.1, 0.15) is 223 Å². The molecule has 84 heavy (non-hydrogen) atoms. The van der Waals surface area contributed by atoms with Crippen molar-refractivity contribution < 1.29 is 0 Å². The molecule has 0 bridgehead atoms. The second kappa shape index (κ2) is 18.9. The third-order valence-corrected chi connectivity index (χ3v) is 19.8. The number of aryl methyl sites for hydroxylation is 2. The zero-order chi connectivity index (χ0) is 60.5. The highest BCUT2D eigenvalue weighted by Crippen LogP contribution is 2.63. The molecule has 5 heteroatoms. The lowest BCUT2D eigenvalue weighted by Gasteiger charge is -2.52. The molecule has 9 aromatic rings. The molecule has 5 nitrogen and oxygen atoms in total. The van der Waals surface area contributed by atoms with Gasteiger partial charge in [-0.1, -0.05) is 209 Å². The van der Waals surface area contributed by atoms with Gasteiger partial charge in [0.15, 0.2) is 0 Å². The molecule has 0 amide bonds. The summed E-state index contributed by atoms with van der Waals surface area (Å²) in [4.78, 5) is 17.0. The Morgan fingerprint density at radius 3 is 1.62 bits per heavy atom. The van der Waals surface area contributed by atoms with Crippen molar-refractivity contribution in [2.24, 2.45) is 4.99 Å². The number of aromatic nitrogens is 2. The molecule has 12 rings (SSSR count). The van der Waals surface area contributed by atoms with E-state index in [2.05, 4.69) is 300 Å². The Kier molecular flexibility index (Phi) is 12.9. The fourth-order valence-corrected chi connectivity index (χ4v) is 14.4. The minimum absolute atomic E-state index is 0.0456. The number of para-hydroxylation sites is 1. The Hall–Kier alpha value is -7.24. The van der Waals surface area contributed by atoms with Gasteiger partial charge in [-0.05, 0) is 189 Å². The van der Waals surface area contributed by atoms with E-state index in [1.165, 1.54) is 106 Å². The number of fused-ring (bicyclic) bond motifs is 11. The number of pyridine rings is 1. The molecular formula is C79H91N5. The molecule has 0 saturated carbocycles. The predicted octanol–water partition coefficient (Wildman–Crippen LogP) is 21.4. The van der Waals surface area contributed by atoms with Crippen LogP contribution in [0.2, 0.25) is 0 Å². The molecule has 0 fully saturated rings. The number of anilines is 4. The highest BCUT2D eigenvalue weighted by Gasteiger charge is 2.62. The average Bonchev–Trinajstić information content (AvgIpc) is 1.43. The lowest BCUT2D eigenvalue weighted by Crippen LogP contribution is -2.55. The Morgan fingerprint density at radius 2 is 1.01 bits per heavy atom. The first kappa shape index (κ1) is 57.2. The summed E-state index contributed by atoms with van der Waals surface area (Å²) in [5.74, 6) is 2.42. The van der Waals surface area contributed by atoms with Crippen molar-refractivity contribution in [2.75, 3.05) is 9.80 Å². The lowest BCUT2D eigenvalue weighted by atomic mass is 9.62. The molecule has 0 unspecified atom stereocenters. The van der Waals surface area contributed by atoms with Crippen LogP contribution in [-0.4, -0.2) is 15.4 Å². The molecule has 3 aliphatic rings. The van der Waals surface area contributed by atoms with E-state index in [1.807, 2.05) is 6.20 Å². The first-order chi connectivity index (χ1) is 39.1. The molecule has 0 saturated heterocycles. The SMILES string of the molecule is Cc1ccc2c(c1)C(C)(C)c1cc3c4cc(C)ccc4n(-c4cc(C(C)(C)C)ccn4)c3cc1N2c1cc(C2=N[C@]3(C)c4ccc(C(C)(C)C)cc4-c4cc(C(C)(C)C)ccc4[C@]3(C)N2c2c(C(C)C)cccc2C(C)C)cc(C(C)(C)C)c1. The molecule has 0 radical (unpaired) electrons. The fourth-order valence-electron chi connectivity index (χ4n) is 14.4. The third-order valence-electron chi connectivity index (χ3n) is 19.8. The Labute approximate surface area is 503 Å². The molecule has 7 aromatic carbocycles. The molecule has 432 valence electrons. The normalized spacial score (nSPS) is 18.5. The van der Waals surface area contributed by atoms with Crippen LogP contribution in [-0.2, 0) is 38.2 Å². The summed E-state index contributed by atoms with van der Waals surface area (Å²) in [5, 5.41) is 2.47. The van der Waals surface area contributed by atoms with E-state index < -0.39 is 11.1 Å². The zero-order valence-corrected chi connectivity index (χ0v) is 54.7. The monoisotopic (exact) mass is 1110 g/mol. The average molecular weight is 1110 g/mol.